The van der Waals surface area contributed by atoms with Crippen LogP contribution in [0.15, 0.2) is 6.20 Å². The van der Waals surface area contributed by atoms with Crippen molar-refractivity contribution in [1.82, 2.24) is 9.78 Å². The first-order valence-corrected chi connectivity index (χ1v) is 5.32. The predicted molar refractivity (Wildman–Crippen MR) is 61.2 cm³/mol. The van der Waals surface area contributed by atoms with Gasteiger partial charge in [-0.25, -0.2) is 4.68 Å². The zero-order valence-electron chi connectivity index (χ0n) is 10.1. The molecule has 0 fully saturated rings. The van der Waals surface area contributed by atoms with Gasteiger partial charge in [0.25, 0.3) is 0 Å². The number of nitrogens with zero attached hydrogens (tertiary/aromatic N) is 2. The van der Waals surface area contributed by atoms with Gasteiger partial charge in [0.2, 0.25) is 5.88 Å². The van der Waals surface area contributed by atoms with Crippen LogP contribution in [0.25, 0.3) is 0 Å². The van der Waals surface area contributed by atoms with E-state index in [0.29, 0.717) is 6.54 Å². The van der Waals surface area contributed by atoms with Crippen molar-refractivity contribution in [2.24, 2.45) is 5.73 Å². The van der Waals surface area contributed by atoms with Crippen LogP contribution in [0, 0.1) is 0 Å². The predicted octanol–water partition coefficient (Wildman–Crippen LogP) is 1.54. The van der Waals surface area contributed by atoms with Crippen LogP contribution in [0.3, 0.4) is 0 Å². The number of rotatable bonds is 4. The molecule has 2 N–H and O–H groups in total. The van der Waals surface area contributed by atoms with Gasteiger partial charge < -0.3 is 10.5 Å². The Morgan fingerprint density at radius 1 is 1.47 bits per heavy atom. The Morgan fingerprint density at radius 2 is 2.13 bits per heavy atom. The second-order valence-electron chi connectivity index (χ2n) is 4.65. The highest BCUT2D eigenvalue weighted by molar-refractivity contribution is 5.25. The highest BCUT2D eigenvalue weighted by Crippen LogP contribution is 2.26. The molecule has 15 heavy (non-hydrogen) atoms. The summed E-state index contributed by atoms with van der Waals surface area (Å²) >= 11 is 0. The smallest absolute Gasteiger partial charge is 0.215 e. The van der Waals surface area contributed by atoms with E-state index in [9.17, 15) is 0 Å². The summed E-state index contributed by atoms with van der Waals surface area (Å²) in [5.41, 5.74) is 6.58. The van der Waals surface area contributed by atoms with Gasteiger partial charge in [-0.1, -0.05) is 0 Å². The molecule has 0 atom stereocenters. The molecule has 0 aliphatic carbocycles. The fraction of sp³-hybridized carbons (Fsp3) is 0.727. The van der Waals surface area contributed by atoms with Gasteiger partial charge in [-0.15, -0.1) is 0 Å². The van der Waals surface area contributed by atoms with Gasteiger partial charge in [-0.2, -0.15) is 5.10 Å². The van der Waals surface area contributed by atoms with Crippen molar-refractivity contribution >= 4 is 0 Å². The Kier molecular flexibility index (Phi) is 3.74. The maximum Gasteiger partial charge on any atom is 0.215 e. The van der Waals surface area contributed by atoms with Crippen molar-refractivity contribution in [1.29, 1.82) is 0 Å². The fourth-order valence-corrected chi connectivity index (χ4v) is 1.53. The zero-order chi connectivity index (χ0) is 11.5. The largest absolute Gasteiger partial charge is 0.481 e. The summed E-state index contributed by atoms with van der Waals surface area (Å²) in [5.74, 6) is 0.857. The van der Waals surface area contributed by atoms with E-state index in [2.05, 4.69) is 25.9 Å². The Morgan fingerprint density at radius 3 is 2.60 bits per heavy atom. The van der Waals surface area contributed by atoms with E-state index in [1.54, 1.807) is 7.11 Å². The third-order valence-corrected chi connectivity index (χ3v) is 2.28. The fourth-order valence-electron chi connectivity index (χ4n) is 1.53. The normalized spacial score (nSPS) is 11.8. The molecular weight excluding hydrogens is 190 g/mol. The van der Waals surface area contributed by atoms with Crippen LogP contribution < -0.4 is 10.5 Å². The molecule has 86 valence electrons. The molecule has 0 aliphatic rings. The van der Waals surface area contributed by atoms with Crippen molar-refractivity contribution in [3.63, 3.8) is 0 Å². The standard InChI is InChI=1S/C11H21N3O/c1-11(2,3)14-10(15-4)9(8-13-14)6-5-7-12/h8H,5-7,12H2,1-4H3. The first-order valence-electron chi connectivity index (χ1n) is 5.32. The van der Waals surface area contributed by atoms with Gasteiger partial charge in [0.05, 0.1) is 18.8 Å². The van der Waals surface area contributed by atoms with Gasteiger partial charge >= 0.3 is 0 Å². The minimum atomic E-state index is -0.0493. The lowest BCUT2D eigenvalue weighted by atomic mass is 10.1. The summed E-state index contributed by atoms with van der Waals surface area (Å²) in [6, 6.07) is 0. The summed E-state index contributed by atoms with van der Waals surface area (Å²) < 4.78 is 7.32. The maximum absolute atomic E-state index is 5.49. The number of nitrogens with two attached hydrogens (primary N) is 1. The molecule has 0 saturated heterocycles. The summed E-state index contributed by atoms with van der Waals surface area (Å²) in [5, 5.41) is 4.36. The molecule has 0 bridgehead atoms. The number of aryl methyl sites for hydroxylation is 1. The van der Waals surface area contributed by atoms with E-state index in [-0.39, 0.29) is 5.54 Å². The molecular formula is C11H21N3O. The SMILES string of the molecule is COc1c(CCCN)cnn1C(C)(C)C. The van der Waals surface area contributed by atoms with Crippen molar-refractivity contribution in [2.75, 3.05) is 13.7 Å². The molecule has 0 radical (unpaired) electrons. The Balaban J connectivity index is 2.95. The van der Waals surface area contributed by atoms with Crippen LogP contribution in [0.1, 0.15) is 32.8 Å². The molecule has 0 aromatic carbocycles. The van der Waals surface area contributed by atoms with E-state index in [1.807, 2.05) is 10.9 Å². The van der Waals surface area contributed by atoms with Crippen LogP contribution in [0.5, 0.6) is 5.88 Å². The molecule has 4 nitrogen and oxygen atoms in total. The van der Waals surface area contributed by atoms with Crippen LogP contribution in [-0.2, 0) is 12.0 Å². The monoisotopic (exact) mass is 211 g/mol. The molecule has 1 rings (SSSR count). The summed E-state index contributed by atoms with van der Waals surface area (Å²) in [6.07, 6.45) is 3.77. The van der Waals surface area contributed by atoms with Crippen LogP contribution in [-0.4, -0.2) is 23.4 Å². The Labute approximate surface area is 91.4 Å². The Hall–Kier alpha value is -1.03. The number of ether oxygens (including phenoxy) is 1. The quantitative estimate of drug-likeness (QED) is 0.822. The molecule has 0 aliphatic heterocycles. The van der Waals surface area contributed by atoms with Crippen molar-refractivity contribution in [3.8, 4) is 5.88 Å². The van der Waals surface area contributed by atoms with E-state index in [0.717, 1.165) is 24.3 Å². The minimum Gasteiger partial charge on any atom is -0.481 e. The van der Waals surface area contributed by atoms with Crippen molar-refractivity contribution in [3.05, 3.63) is 11.8 Å². The van der Waals surface area contributed by atoms with Crippen molar-refractivity contribution < 1.29 is 4.74 Å². The average Bonchev–Trinajstić information content (AvgIpc) is 2.56. The van der Waals surface area contributed by atoms with Crippen molar-refractivity contribution in [2.45, 2.75) is 39.2 Å². The topological polar surface area (TPSA) is 53.1 Å². The zero-order valence-corrected chi connectivity index (χ0v) is 10.1. The molecule has 1 heterocycles. The number of hydrogen-bond acceptors (Lipinski definition) is 3. The third kappa shape index (κ3) is 2.72. The lowest BCUT2D eigenvalue weighted by molar-refractivity contribution is 0.280. The highest BCUT2D eigenvalue weighted by atomic mass is 16.5. The number of hydrogen-bond donors (Lipinski definition) is 1. The molecule has 0 unspecified atom stereocenters. The first-order chi connectivity index (χ1) is 7.00. The second kappa shape index (κ2) is 4.66. The van der Waals surface area contributed by atoms with E-state index in [1.165, 1.54) is 0 Å². The highest BCUT2D eigenvalue weighted by Gasteiger charge is 2.21. The van der Waals surface area contributed by atoms with Crippen LogP contribution >= 0.6 is 0 Å². The van der Waals surface area contributed by atoms with Gasteiger partial charge in [0.15, 0.2) is 0 Å². The van der Waals surface area contributed by atoms with Gasteiger partial charge in [-0.3, -0.25) is 0 Å². The summed E-state index contributed by atoms with van der Waals surface area (Å²) in [4.78, 5) is 0. The number of aromatic nitrogens is 2. The molecule has 0 amide bonds. The second-order valence-corrected chi connectivity index (χ2v) is 4.65. The van der Waals surface area contributed by atoms with Crippen LogP contribution in [0.4, 0.5) is 0 Å². The van der Waals surface area contributed by atoms with Gasteiger partial charge in [-0.05, 0) is 40.2 Å². The van der Waals surface area contributed by atoms with E-state index >= 15 is 0 Å². The molecule has 0 saturated carbocycles. The third-order valence-electron chi connectivity index (χ3n) is 2.28. The lowest BCUT2D eigenvalue weighted by Gasteiger charge is -2.21. The van der Waals surface area contributed by atoms with E-state index < -0.39 is 0 Å². The average molecular weight is 211 g/mol. The molecule has 0 spiro atoms. The summed E-state index contributed by atoms with van der Waals surface area (Å²) in [7, 11) is 1.69. The molecule has 1 aromatic rings. The Bertz CT molecular complexity index is 312. The van der Waals surface area contributed by atoms with E-state index in [4.69, 9.17) is 10.5 Å². The lowest BCUT2D eigenvalue weighted by Crippen LogP contribution is -2.23. The number of methoxy groups -OCH3 is 1. The maximum atomic E-state index is 5.49. The van der Waals surface area contributed by atoms with Gasteiger partial charge in [0, 0.05) is 5.56 Å². The summed E-state index contributed by atoms with van der Waals surface area (Å²) in [6.45, 7) is 7.02. The first kappa shape index (κ1) is 12.0. The molecule has 4 heteroatoms. The molecule has 1 aromatic heterocycles. The minimum absolute atomic E-state index is 0.0493. The van der Waals surface area contributed by atoms with Gasteiger partial charge in [0.1, 0.15) is 0 Å². The van der Waals surface area contributed by atoms with Crippen LogP contribution in [0.2, 0.25) is 0 Å².